The van der Waals surface area contributed by atoms with Crippen molar-refractivity contribution in [1.82, 2.24) is 19.7 Å². The van der Waals surface area contributed by atoms with E-state index in [9.17, 15) is 4.79 Å². The molecular formula is C29H29N5O3S. The van der Waals surface area contributed by atoms with E-state index in [1.165, 1.54) is 43.4 Å². The summed E-state index contributed by atoms with van der Waals surface area (Å²) < 4.78 is 14.6. The quantitative estimate of drug-likeness (QED) is 0.287. The maximum Gasteiger partial charge on any atom is 0.257 e. The van der Waals surface area contributed by atoms with E-state index >= 15 is 0 Å². The number of aryl methyl sites for hydroxylation is 1. The molecular weight excluding hydrogens is 498 g/mol. The molecule has 1 spiro atoms. The maximum absolute atomic E-state index is 13.0. The van der Waals surface area contributed by atoms with E-state index in [-0.39, 0.29) is 5.91 Å². The van der Waals surface area contributed by atoms with Crippen LogP contribution < -0.4 is 14.8 Å². The molecule has 1 unspecified atom stereocenters. The fraction of sp³-hybridized carbons (Fsp3) is 0.379. The predicted octanol–water partition coefficient (Wildman–Crippen LogP) is 6.35. The Kier molecular flexibility index (Phi) is 5.88. The standard InChI is InChI=1S/C29H29N5O3S/c35-27(31-28-30-11-13-38-28)21-14-23(36-18-19-7-8-29(17-19)9-10-29)16-24(15-21)37-22-5-3-20(4-6-22)26-33-32-25-2-1-12-34(25)26/h3-6,11,13-16,19H,1-2,7-10,12,17-18H2,(H,30,31,35). The third kappa shape index (κ3) is 4.78. The van der Waals surface area contributed by atoms with E-state index in [1.54, 1.807) is 18.3 Å². The first-order chi connectivity index (χ1) is 18.6. The summed E-state index contributed by atoms with van der Waals surface area (Å²) in [6, 6.07) is 13.2. The van der Waals surface area contributed by atoms with E-state index in [0.717, 1.165) is 36.6 Å². The van der Waals surface area contributed by atoms with Crippen molar-refractivity contribution in [3.8, 4) is 28.6 Å². The predicted molar refractivity (Wildman–Crippen MR) is 145 cm³/mol. The van der Waals surface area contributed by atoms with Crippen molar-refractivity contribution in [1.29, 1.82) is 0 Å². The Morgan fingerprint density at radius 1 is 1.08 bits per heavy atom. The van der Waals surface area contributed by atoms with Crippen LogP contribution >= 0.6 is 11.3 Å². The van der Waals surface area contributed by atoms with Gasteiger partial charge in [-0.1, -0.05) is 0 Å². The van der Waals surface area contributed by atoms with Crippen molar-refractivity contribution in [3.05, 3.63) is 65.4 Å². The first kappa shape index (κ1) is 23.4. The second kappa shape index (κ2) is 9.54. The molecule has 2 aliphatic carbocycles. The second-order valence-electron chi connectivity index (χ2n) is 10.7. The van der Waals surface area contributed by atoms with Crippen LogP contribution in [0.25, 0.3) is 11.4 Å². The number of ether oxygens (including phenoxy) is 2. The smallest absolute Gasteiger partial charge is 0.257 e. The molecule has 9 heteroatoms. The Bertz CT molecular complexity index is 1460. The summed E-state index contributed by atoms with van der Waals surface area (Å²) in [6.07, 6.45) is 10.3. The lowest BCUT2D eigenvalue weighted by Gasteiger charge is -2.15. The molecule has 3 aliphatic rings. The van der Waals surface area contributed by atoms with Gasteiger partial charge in [0.15, 0.2) is 11.0 Å². The molecule has 2 fully saturated rings. The van der Waals surface area contributed by atoms with Crippen LogP contribution in [0.4, 0.5) is 5.13 Å². The number of anilines is 1. The van der Waals surface area contributed by atoms with E-state index in [0.29, 0.717) is 45.9 Å². The van der Waals surface area contributed by atoms with Gasteiger partial charge in [-0.25, -0.2) is 4.98 Å². The Morgan fingerprint density at radius 2 is 1.95 bits per heavy atom. The second-order valence-corrected chi connectivity index (χ2v) is 11.6. The molecule has 194 valence electrons. The molecule has 38 heavy (non-hydrogen) atoms. The lowest BCUT2D eigenvalue weighted by atomic mass is 10.0. The summed E-state index contributed by atoms with van der Waals surface area (Å²) in [6.45, 7) is 1.62. The van der Waals surface area contributed by atoms with Gasteiger partial charge in [-0.05, 0) is 86.3 Å². The lowest BCUT2D eigenvalue weighted by molar-refractivity contribution is 0.102. The highest BCUT2D eigenvalue weighted by Gasteiger charge is 2.48. The Morgan fingerprint density at radius 3 is 2.74 bits per heavy atom. The molecule has 2 aromatic heterocycles. The van der Waals surface area contributed by atoms with Gasteiger partial charge in [-0.15, -0.1) is 21.5 Å². The minimum atomic E-state index is -0.246. The average Bonchev–Trinajstić information content (AvgIpc) is 3.41. The first-order valence-corrected chi connectivity index (χ1v) is 14.2. The third-order valence-corrected chi connectivity index (χ3v) is 8.69. The molecule has 3 heterocycles. The highest BCUT2D eigenvalue weighted by atomic mass is 32.1. The van der Waals surface area contributed by atoms with Gasteiger partial charge in [0.1, 0.15) is 23.1 Å². The number of nitrogens with one attached hydrogen (secondary N) is 1. The molecule has 1 aliphatic heterocycles. The number of carbonyl (C=O) groups excluding carboxylic acids is 1. The fourth-order valence-corrected chi connectivity index (χ4v) is 6.31. The van der Waals surface area contributed by atoms with Crippen molar-refractivity contribution in [2.75, 3.05) is 11.9 Å². The number of amides is 1. The number of nitrogens with zero attached hydrogens (tertiary/aromatic N) is 4. The molecule has 2 aromatic carbocycles. The topological polar surface area (TPSA) is 91.2 Å². The fourth-order valence-electron chi connectivity index (χ4n) is 5.79. The maximum atomic E-state index is 13.0. The van der Waals surface area contributed by atoms with Gasteiger partial charge in [-0.2, -0.15) is 0 Å². The number of carbonyl (C=O) groups is 1. The van der Waals surface area contributed by atoms with Crippen molar-refractivity contribution in [2.24, 2.45) is 11.3 Å². The van der Waals surface area contributed by atoms with E-state index in [2.05, 4.69) is 25.1 Å². The van der Waals surface area contributed by atoms with Crippen LogP contribution in [-0.2, 0) is 13.0 Å². The molecule has 4 aromatic rings. The van der Waals surface area contributed by atoms with Gasteiger partial charge >= 0.3 is 0 Å². The van der Waals surface area contributed by atoms with Crippen LogP contribution in [0, 0.1) is 11.3 Å². The molecule has 1 atom stereocenters. The Hall–Kier alpha value is -3.72. The SMILES string of the molecule is O=C(Nc1nccs1)c1cc(OCC2CCC3(CC3)C2)cc(Oc2ccc(-c3nnc4n3CCC4)cc2)c1. The Labute approximate surface area is 225 Å². The van der Waals surface area contributed by atoms with Crippen LogP contribution in [0.5, 0.6) is 17.2 Å². The molecule has 0 bridgehead atoms. The van der Waals surface area contributed by atoms with E-state index in [1.807, 2.05) is 35.7 Å². The van der Waals surface area contributed by atoms with Crippen molar-refractivity contribution < 1.29 is 14.3 Å². The van der Waals surface area contributed by atoms with Crippen LogP contribution in [0.15, 0.2) is 54.0 Å². The third-order valence-electron chi connectivity index (χ3n) is 8.00. The van der Waals surface area contributed by atoms with Gasteiger partial charge in [0.2, 0.25) is 0 Å². The number of aromatic nitrogens is 4. The van der Waals surface area contributed by atoms with Gasteiger partial charge in [0, 0.05) is 41.7 Å². The molecule has 7 rings (SSSR count). The number of hydrogen-bond donors (Lipinski definition) is 1. The van der Waals surface area contributed by atoms with Crippen molar-refractivity contribution in [2.45, 2.75) is 51.5 Å². The number of rotatable bonds is 8. The normalized spacial score (nSPS) is 18.9. The Balaban J connectivity index is 1.10. The van der Waals surface area contributed by atoms with Crippen LogP contribution in [0.1, 0.15) is 54.7 Å². The molecule has 0 radical (unpaired) electrons. The van der Waals surface area contributed by atoms with Gasteiger partial charge < -0.3 is 14.0 Å². The van der Waals surface area contributed by atoms with E-state index in [4.69, 9.17) is 9.47 Å². The molecule has 8 nitrogen and oxygen atoms in total. The molecule has 2 saturated carbocycles. The zero-order valence-electron chi connectivity index (χ0n) is 21.1. The van der Waals surface area contributed by atoms with Gasteiger partial charge in [0.25, 0.3) is 5.91 Å². The lowest BCUT2D eigenvalue weighted by Crippen LogP contribution is -2.13. The number of thiazole rings is 1. The van der Waals surface area contributed by atoms with Crippen LogP contribution in [0.3, 0.4) is 0 Å². The minimum Gasteiger partial charge on any atom is -0.493 e. The molecule has 1 amide bonds. The van der Waals surface area contributed by atoms with Crippen LogP contribution in [0.2, 0.25) is 0 Å². The van der Waals surface area contributed by atoms with E-state index < -0.39 is 0 Å². The largest absolute Gasteiger partial charge is 0.493 e. The number of fused-ring (bicyclic) bond motifs is 1. The van der Waals surface area contributed by atoms with Gasteiger partial charge in [0.05, 0.1) is 6.61 Å². The summed E-state index contributed by atoms with van der Waals surface area (Å²) in [5.41, 5.74) is 2.08. The monoisotopic (exact) mass is 527 g/mol. The average molecular weight is 528 g/mol. The summed E-state index contributed by atoms with van der Waals surface area (Å²) in [5.74, 6) is 4.12. The van der Waals surface area contributed by atoms with Crippen LogP contribution in [-0.4, -0.2) is 32.3 Å². The van der Waals surface area contributed by atoms with Gasteiger partial charge in [-0.3, -0.25) is 10.1 Å². The highest BCUT2D eigenvalue weighted by molar-refractivity contribution is 7.13. The summed E-state index contributed by atoms with van der Waals surface area (Å²) in [7, 11) is 0. The summed E-state index contributed by atoms with van der Waals surface area (Å²) >= 11 is 1.38. The highest BCUT2D eigenvalue weighted by Crippen LogP contribution is 2.59. The number of hydrogen-bond acceptors (Lipinski definition) is 7. The molecule has 1 N–H and O–H groups in total. The zero-order chi connectivity index (χ0) is 25.5. The van der Waals surface area contributed by atoms with Crippen molar-refractivity contribution >= 4 is 22.4 Å². The minimum absolute atomic E-state index is 0.246. The summed E-state index contributed by atoms with van der Waals surface area (Å²) in [4.78, 5) is 17.2. The zero-order valence-corrected chi connectivity index (χ0v) is 21.9. The number of benzene rings is 2. The summed E-state index contributed by atoms with van der Waals surface area (Å²) in [5, 5.41) is 13.9. The first-order valence-electron chi connectivity index (χ1n) is 13.3. The van der Waals surface area contributed by atoms with Crippen molar-refractivity contribution in [3.63, 3.8) is 0 Å². The molecule has 0 saturated heterocycles.